The van der Waals surface area contributed by atoms with E-state index >= 15 is 0 Å². The van der Waals surface area contributed by atoms with Gasteiger partial charge < -0.3 is 25.0 Å². The fourth-order valence-electron chi connectivity index (χ4n) is 2.31. The summed E-state index contributed by atoms with van der Waals surface area (Å²) in [5, 5.41) is 28.7. The summed E-state index contributed by atoms with van der Waals surface area (Å²) in [6, 6.07) is 1.51. The molecule has 23 heavy (non-hydrogen) atoms. The number of hydrogen-bond acceptors (Lipinski definition) is 7. The zero-order chi connectivity index (χ0) is 17.0. The van der Waals surface area contributed by atoms with Crippen molar-refractivity contribution in [3.05, 3.63) is 22.7 Å². The Hall–Kier alpha value is -1.81. The van der Waals surface area contributed by atoms with E-state index in [1.807, 2.05) is 18.7 Å². The van der Waals surface area contributed by atoms with Crippen LogP contribution in [-0.4, -0.2) is 74.1 Å². The minimum absolute atomic E-state index is 0.241. The van der Waals surface area contributed by atoms with Gasteiger partial charge in [0.2, 0.25) is 0 Å². The van der Waals surface area contributed by atoms with Crippen LogP contribution < -0.4 is 5.69 Å². The quantitative estimate of drug-likeness (QED) is 0.446. The summed E-state index contributed by atoms with van der Waals surface area (Å²) in [7, 11) is 0. The molecule has 0 amide bonds. The lowest BCUT2D eigenvalue weighted by molar-refractivity contribution is -0.0549. The number of aromatic nitrogens is 2. The summed E-state index contributed by atoms with van der Waals surface area (Å²) in [4.78, 5) is 22.0. The first-order valence-corrected chi connectivity index (χ1v) is 7.51. The standard InChI is InChI=1S/C14H22N4O5/c1-3-17(4-2)8-15-10-5-6-18(14(22)16-10)13-12(21)11(20)9(7-19)23-13/h5-6,8-9,11-13,19-21H,3-4,7H2,1-2H3/t9-,11?,12?,13-/m1/s1. The smallest absolute Gasteiger partial charge is 0.351 e. The molecule has 3 N–H and O–H groups in total. The van der Waals surface area contributed by atoms with Gasteiger partial charge in [-0.15, -0.1) is 0 Å². The van der Waals surface area contributed by atoms with Crippen molar-refractivity contribution in [3.8, 4) is 0 Å². The fourth-order valence-corrected chi connectivity index (χ4v) is 2.31. The first kappa shape index (κ1) is 17.5. The molecule has 0 bridgehead atoms. The molecule has 9 heteroatoms. The predicted octanol–water partition coefficient (Wildman–Crippen LogP) is -1.14. The van der Waals surface area contributed by atoms with Crippen molar-refractivity contribution in [3.63, 3.8) is 0 Å². The monoisotopic (exact) mass is 326 g/mol. The van der Waals surface area contributed by atoms with Crippen molar-refractivity contribution in [2.24, 2.45) is 4.99 Å². The van der Waals surface area contributed by atoms with E-state index in [0.29, 0.717) is 0 Å². The van der Waals surface area contributed by atoms with Crippen molar-refractivity contribution in [1.29, 1.82) is 0 Å². The average Bonchev–Trinajstić information content (AvgIpc) is 2.84. The largest absolute Gasteiger partial charge is 0.394 e. The summed E-state index contributed by atoms with van der Waals surface area (Å²) in [5.41, 5.74) is -0.658. The third-order valence-electron chi connectivity index (χ3n) is 3.77. The van der Waals surface area contributed by atoms with E-state index in [1.165, 1.54) is 12.3 Å². The van der Waals surface area contributed by atoms with Crippen molar-refractivity contribution in [2.45, 2.75) is 38.4 Å². The molecule has 0 radical (unpaired) electrons. The Labute approximate surface area is 133 Å². The Morgan fingerprint density at radius 2 is 2.09 bits per heavy atom. The summed E-state index contributed by atoms with van der Waals surface area (Å²) in [5.74, 6) is 0.241. The highest BCUT2D eigenvalue weighted by atomic mass is 16.6. The van der Waals surface area contributed by atoms with Crippen LogP contribution >= 0.6 is 0 Å². The van der Waals surface area contributed by atoms with E-state index in [2.05, 4.69) is 9.98 Å². The molecule has 2 heterocycles. The van der Waals surface area contributed by atoms with Crippen LogP contribution in [0.4, 0.5) is 5.82 Å². The van der Waals surface area contributed by atoms with Gasteiger partial charge in [-0.25, -0.2) is 9.79 Å². The van der Waals surface area contributed by atoms with Gasteiger partial charge in [-0.1, -0.05) is 0 Å². The Kier molecular flexibility index (Phi) is 5.83. The van der Waals surface area contributed by atoms with Gasteiger partial charge in [-0.2, -0.15) is 4.98 Å². The molecule has 1 aliphatic rings. The summed E-state index contributed by atoms with van der Waals surface area (Å²) in [6.45, 7) is 5.10. The molecule has 1 aromatic heterocycles. The first-order chi connectivity index (χ1) is 11.0. The summed E-state index contributed by atoms with van der Waals surface area (Å²) in [6.07, 6.45) is -1.62. The van der Waals surface area contributed by atoms with Gasteiger partial charge in [0.25, 0.3) is 0 Å². The second kappa shape index (κ2) is 7.64. The first-order valence-electron chi connectivity index (χ1n) is 7.51. The SMILES string of the molecule is CCN(C=Nc1ccn([C@@H]2O[C@H](CO)C(O)C2O)c(=O)n1)CC. The lowest BCUT2D eigenvalue weighted by Crippen LogP contribution is -2.35. The van der Waals surface area contributed by atoms with E-state index < -0.39 is 36.8 Å². The molecule has 2 unspecified atom stereocenters. The van der Waals surface area contributed by atoms with Gasteiger partial charge in [-0.05, 0) is 19.9 Å². The van der Waals surface area contributed by atoms with Gasteiger partial charge in [0, 0.05) is 19.3 Å². The molecular formula is C14H22N4O5. The van der Waals surface area contributed by atoms with Crippen molar-refractivity contribution in [1.82, 2.24) is 14.5 Å². The number of ether oxygens (including phenoxy) is 1. The Bertz CT molecular complexity index is 601. The van der Waals surface area contributed by atoms with Crippen LogP contribution in [0, 0.1) is 0 Å². The normalized spacial score (nSPS) is 27.7. The molecule has 0 saturated carbocycles. The Balaban J connectivity index is 2.19. The van der Waals surface area contributed by atoms with Gasteiger partial charge in [0.05, 0.1) is 12.9 Å². The number of hydrogen-bond donors (Lipinski definition) is 3. The predicted molar refractivity (Wildman–Crippen MR) is 82.6 cm³/mol. The number of nitrogens with zero attached hydrogens (tertiary/aromatic N) is 4. The van der Waals surface area contributed by atoms with Gasteiger partial charge in [0.1, 0.15) is 18.3 Å². The van der Waals surface area contributed by atoms with E-state index in [1.54, 1.807) is 6.34 Å². The zero-order valence-corrected chi connectivity index (χ0v) is 13.1. The van der Waals surface area contributed by atoms with Crippen LogP contribution in [0.15, 0.2) is 22.1 Å². The van der Waals surface area contributed by atoms with Crippen molar-refractivity contribution < 1.29 is 20.1 Å². The Morgan fingerprint density at radius 3 is 2.61 bits per heavy atom. The molecule has 1 fully saturated rings. The molecule has 1 saturated heterocycles. The number of rotatable bonds is 6. The highest BCUT2D eigenvalue weighted by Gasteiger charge is 2.43. The lowest BCUT2D eigenvalue weighted by Gasteiger charge is -2.17. The van der Waals surface area contributed by atoms with Crippen LogP contribution in [-0.2, 0) is 4.74 Å². The molecule has 0 aromatic carbocycles. The molecule has 1 aromatic rings. The lowest BCUT2D eigenvalue weighted by atomic mass is 10.1. The Morgan fingerprint density at radius 1 is 1.39 bits per heavy atom. The van der Waals surface area contributed by atoms with E-state index in [9.17, 15) is 15.0 Å². The molecule has 0 spiro atoms. The number of aliphatic hydroxyl groups excluding tert-OH is 3. The molecule has 0 aliphatic carbocycles. The molecule has 9 nitrogen and oxygen atoms in total. The van der Waals surface area contributed by atoms with Crippen molar-refractivity contribution in [2.75, 3.05) is 19.7 Å². The van der Waals surface area contributed by atoms with Crippen LogP contribution in [0.3, 0.4) is 0 Å². The van der Waals surface area contributed by atoms with Crippen molar-refractivity contribution >= 4 is 12.2 Å². The molecule has 128 valence electrons. The molecule has 2 rings (SSSR count). The number of aliphatic hydroxyl groups is 3. The maximum atomic E-state index is 12.1. The van der Waals surface area contributed by atoms with Gasteiger partial charge >= 0.3 is 5.69 Å². The maximum Gasteiger partial charge on any atom is 0.351 e. The minimum atomic E-state index is -1.32. The van der Waals surface area contributed by atoms with Crippen LogP contribution in [0.5, 0.6) is 0 Å². The molecule has 1 aliphatic heterocycles. The second-order valence-electron chi connectivity index (χ2n) is 5.17. The third-order valence-corrected chi connectivity index (χ3v) is 3.77. The second-order valence-corrected chi connectivity index (χ2v) is 5.17. The third kappa shape index (κ3) is 3.75. The summed E-state index contributed by atoms with van der Waals surface area (Å²) < 4.78 is 6.37. The highest BCUT2D eigenvalue weighted by molar-refractivity contribution is 5.59. The topological polar surface area (TPSA) is 120 Å². The average molecular weight is 326 g/mol. The van der Waals surface area contributed by atoms with E-state index in [-0.39, 0.29) is 5.82 Å². The summed E-state index contributed by atoms with van der Waals surface area (Å²) >= 11 is 0. The highest BCUT2D eigenvalue weighted by Crippen LogP contribution is 2.28. The van der Waals surface area contributed by atoms with E-state index in [0.717, 1.165) is 17.7 Å². The van der Waals surface area contributed by atoms with Crippen LogP contribution in [0.25, 0.3) is 0 Å². The maximum absolute atomic E-state index is 12.1. The zero-order valence-electron chi connectivity index (χ0n) is 13.1. The number of aliphatic imine (C=N–C) groups is 1. The van der Waals surface area contributed by atoms with Crippen LogP contribution in [0.1, 0.15) is 20.1 Å². The fraction of sp³-hybridized carbons (Fsp3) is 0.643. The minimum Gasteiger partial charge on any atom is -0.394 e. The van der Waals surface area contributed by atoms with Gasteiger partial charge in [-0.3, -0.25) is 4.57 Å². The molecule has 4 atom stereocenters. The van der Waals surface area contributed by atoms with Gasteiger partial charge in [0.15, 0.2) is 12.0 Å². The van der Waals surface area contributed by atoms with Crippen LogP contribution in [0.2, 0.25) is 0 Å². The van der Waals surface area contributed by atoms with E-state index in [4.69, 9.17) is 9.84 Å². The molecular weight excluding hydrogens is 304 g/mol.